The Labute approximate surface area is 137 Å². The van der Waals surface area contributed by atoms with Crippen molar-refractivity contribution < 1.29 is 9.90 Å². The highest BCUT2D eigenvalue weighted by Crippen LogP contribution is 2.30. The summed E-state index contributed by atoms with van der Waals surface area (Å²) < 4.78 is 3.91. The molecule has 0 radical (unpaired) electrons. The van der Waals surface area contributed by atoms with E-state index in [1.165, 1.54) is 16.2 Å². The van der Waals surface area contributed by atoms with Crippen molar-refractivity contribution in [2.75, 3.05) is 0 Å². The summed E-state index contributed by atoms with van der Waals surface area (Å²) in [5, 5.41) is 9.55. The van der Waals surface area contributed by atoms with Crippen LogP contribution in [-0.4, -0.2) is 24.8 Å². The second-order valence-corrected chi connectivity index (χ2v) is 5.78. The van der Waals surface area contributed by atoms with Gasteiger partial charge >= 0.3 is 11.7 Å². The van der Waals surface area contributed by atoms with Gasteiger partial charge in [0.15, 0.2) is 0 Å². The number of carbonyl (C=O) groups is 1. The van der Waals surface area contributed by atoms with Crippen molar-refractivity contribution in [3.8, 4) is 11.3 Å². The van der Waals surface area contributed by atoms with Gasteiger partial charge in [-0.25, -0.2) is 4.79 Å². The van der Waals surface area contributed by atoms with E-state index in [1.807, 2.05) is 31.2 Å². The Morgan fingerprint density at radius 2 is 1.79 bits per heavy atom. The molecule has 0 aliphatic carbocycles. The number of aryl methyl sites for hydroxylation is 2. The second kappa shape index (κ2) is 5.52. The van der Waals surface area contributed by atoms with Gasteiger partial charge in [0.25, 0.3) is 5.56 Å². The summed E-state index contributed by atoms with van der Waals surface area (Å²) >= 11 is 0. The third-order valence-electron chi connectivity index (χ3n) is 4.22. The van der Waals surface area contributed by atoms with E-state index >= 15 is 0 Å². The Hall–Kier alpha value is -3.09. The van der Waals surface area contributed by atoms with Gasteiger partial charge in [-0.3, -0.25) is 18.7 Å². The van der Waals surface area contributed by atoms with Crippen LogP contribution in [0.25, 0.3) is 22.2 Å². The second-order valence-electron chi connectivity index (χ2n) is 5.78. The summed E-state index contributed by atoms with van der Waals surface area (Å²) in [6, 6.07) is 7.44. The van der Waals surface area contributed by atoms with Crippen molar-refractivity contribution in [2.24, 2.45) is 14.1 Å². The van der Waals surface area contributed by atoms with Gasteiger partial charge in [-0.2, -0.15) is 0 Å². The number of rotatable bonds is 3. The highest BCUT2D eigenvalue weighted by molar-refractivity contribution is 5.95. The van der Waals surface area contributed by atoms with Crippen molar-refractivity contribution in [2.45, 2.75) is 13.5 Å². The lowest BCUT2D eigenvalue weighted by Gasteiger charge is -2.10. The Bertz CT molecular complexity index is 1090. The van der Waals surface area contributed by atoms with Gasteiger partial charge in [0.05, 0.1) is 16.6 Å². The monoisotopic (exact) mass is 327 g/mol. The number of aliphatic carboxylic acids is 1. The summed E-state index contributed by atoms with van der Waals surface area (Å²) in [6.07, 6.45) is 1.55. The normalized spacial score (nSPS) is 11.1. The van der Waals surface area contributed by atoms with Crippen molar-refractivity contribution in [3.05, 3.63) is 56.9 Å². The topological polar surface area (TPSA) is 86.2 Å². The summed E-state index contributed by atoms with van der Waals surface area (Å²) in [4.78, 5) is 36.1. The minimum atomic E-state index is -1.02. The number of benzene rings is 1. The first-order chi connectivity index (χ1) is 11.3. The summed E-state index contributed by atoms with van der Waals surface area (Å²) in [7, 11) is 2.98. The van der Waals surface area contributed by atoms with Crippen LogP contribution in [0.5, 0.6) is 0 Å². The number of nitrogens with zero attached hydrogens (tertiary/aromatic N) is 3. The molecule has 7 heteroatoms. The number of carboxylic acid groups (broad SMARTS) is 1. The van der Waals surface area contributed by atoms with Gasteiger partial charge in [-0.1, -0.05) is 24.3 Å². The molecule has 0 unspecified atom stereocenters. The van der Waals surface area contributed by atoms with E-state index in [4.69, 9.17) is 0 Å². The summed E-state index contributed by atoms with van der Waals surface area (Å²) in [6.45, 7) is 1.60. The first-order valence-corrected chi connectivity index (χ1v) is 7.39. The van der Waals surface area contributed by atoms with E-state index < -0.39 is 17.2 Å². The zero-order valence-corrected chi connectivity index (χ0v) is 13.6. The van der Waals surface area contributed by atoms with E-state index in [2.05, 4.69) is 0 Å². The van der Waals surface area contributed by atoms with Crippen LogP contribution in [0.4, 0.5) is 0 Å². The third kappa shape index (κ3) is 2.25. The molecule has 0 bridgehead atoms. The molecule has 1 N–H and O–H groups in total. The minimum absolute atomic E-state index is 0.296. The minimum Gasteiger partial charge on any atom is -0.480 e. The predicted molar refractivity (Wildman–Crippen MR) is 90.2 cm³/mol. The fraction of sp³-hybridized carbons (Fsp3) is 0.235. The number of hydrogen-bond acceptors (Lipinski definition) is 3. The maximum absolute atomic E-state index is 12.7. The number of aromatic nitrogens is 3. The van der Waals surface area contributed by atoms with Gasteiger partial charge in [0.2, 0.25) is 0 Å². The molecule has 0 fully saturated rings. The lowest BCUT2D eigenvalue weighted by molar-refractivity contribution is -0.137. The van der Waals surface area contributed by atoms with Crippen molar-refractivity contribution in [1.82, 2.24) is 13.7 Å². The Morgan fingerprint density at radius 3 is 2.42 bits per heavy atom. The molecule has 0 saturated heterocycles. The molecule has 0 spiro atoms. The van der Waals surface area contributed by atoms with Crippen molar-refractivity contribution >= 4 is 16.9 Å². The van der Waals surface area contributed by atoms with Crippen LogP contribution in [0.15, 0.2) is 40.1 Å². The highest BCUT2D eigenvalue weighted by atomic mass is 16.4. The first kappa shape index (κ1) is 15.8. The number of hydrogen-bond donors (Lipinski definition) is 1. The van der Waals surface area contributed by atoms with Gasteiger partial charge in [0.1, 0.15) is 6.54 Å². The van der Waals surface area contributed by atoms with Crippen molar-refractivity contribution in [1.29, 1.82) is 0 Å². The molecule has 2 aromatic heterocycles. The van der Waals surface area contributed by atoms with E-state index in [1.54, 1.807) is 13.2 Å². The summed E-state index contributed by atoms with van der Waals surface area (Å²) in [5.74, 6) is -1.02. The molecule has 0 aliphatic heterocycles. The van der Waals surface area contributed by atoms with Gasteiger partial charge < -0.3 is 9.67 Å². The van der Waals surface area contributed by atoms with Crippen LogP contribution in [0.2, 0.25) is 0 Å². The van der Waals surface area contributed by atoms with Crippen LogP contribution < -0.4 is 11.2 Å². The molecular weight excluding hydrogens is 310 g/mol. The molecule has 0 saturated carbocycles. The highest BCUT2D eigenvalue weighted by Gasteiger charge is 2.21. The number of fused-ring (bicyclic) bond motifs is 1. The van der Waals surface area contributed by atoms with Gasteiger partial charge in [0, 0.05) is 25.9 Å². The maximum Gasteiger partial charge on any atom is 0.330 e. The summed E-state index contributed by atoms with van der Waals surface area (Å²) in [5.41, 5.74) is 1.74. The average molecular weight is 327 g/mol. The molecule has 2 heterocycles. The van der Waals surface area contributed by atoms with Gasteiger partial charge in [-0.15, -0.1) is 0 Å². The van der Waals surface area contributed by atoms with Crippen LogP contribution >= 0.6 is 0 Å². The van der Waals surface area contributed by atoms with E-state index in [-0.39, 0.29) is 6.54 Å². The molecule has 1 aromatic carbocycles. The van der Waals surface area contributed by atoms with E-state index in [9.17, 15) is 19.5 Å². The largest absolute Gasteiger partial charge is 0.480 e. The van der Waals surface area contributed by atoms with Crippen LogP contribution in [-0.2, 0) is 25.4 Å². The van der Waals surface area contributed by atoms with Gasteiger partial charge in [-0.05, 0) is 12.5 Å². The molecular formula is C17H17N3O4. The molecule has 0 aliphatic rings. The van der Waals surface area contributed by atoms with Crippen molar-refractivity contribution in [3.63, 3.8) is 0 Å². The fourth-order valence-electron chi connectivity index (χ4n) is 2.99. The van der Waals surface area contributed by atoms with Crippen LogP contribution in [0, 0.1) is 6.92 Å². The Kier molecular flexibility index (Phi) is 3.63. The zero-order valence-electron chi connectivity index (χ0n) is 13.6. The quantitative estimate of drug-likeness (QED) is 0.780. The Balaban J connectivity index is 2.54. The molecule has 124 valence electrons. The van der Waals surface area contributed by atoms with E-state index in [0.29, 0.717) is 16.6 Å². The zero-order chi connectivity index (χ0) is 17.6. The maximum atomic E-state index is 12.7. The molecule has 0 atom stereocenters. The van der Waals surface area contributed by atoms with Crippen LogP contribution in [0.1, 0.15) is 5.56 Å². The van der Waals surface area contributed by atoms with E-state index in [0.717, 1.165) is 15.7 Å². The fourth-order valence-corrected chi connectivity index (χ4v) is 2.99. The molecule has 24 heavy (non-hydrogen) atoms. The smallest absolute Gasteiger partial charge is 0.330 e. The molecule has 7 nitrogen and oxygen atoms in total. The Morgan fingerprint density at radius 1 is 1.12 bits per heavy atom. The van der Waals surface area contributed by atoms with Crippen LogP contribution in [0.3, 0.4) is 0 Å². The average Bonchev–Trinajstić information content (AvgIpc) is 2.90. The SMILES string of the molecule is Cc1ccccc1-c1c2c(=O)n(C)c(=O)n(C)c2cn1CC(=O)O. The standard InChI is InChI=1S/C17H17N3O4/c1-10-6-4-5-7-11(10)15-14-12(8-20(15)9-13(21)22)18(2)17(24)19(3)16(14)23/h4-8H,9H2,1-3H3,(H,21,22). The lowest BCUT2D eigenvalue weighted by atomic mass is 10.0. The third-order valence-corrected chi connectivity index (χ3v) is 4.22. The molecule has 3 rings (SSSR count). The first-order valence-electron chi connectivity index (χ1n) is 7.39. The molecule has 3 aromatic rings. The lowest BCUT2D eigenvalue weighted by Crippen LogP contribution is -2.36. The number of carboxylic acids is 1. The molecule has 0 amide bonds. The predicted octanol–water partition coefficient (Wildman–Crippen LogP) is 1.10.